The topological polar surface area (TPSA) is 6.48 Å². The number of nitrogens with zero attached hydrogens (tertiary/aromatic N) is 2. The smallest absolute Gasteiger partial charge is 0.0465 e. The highest BCUT2D eigenvalue weighted by Gasteiger charge is 2.37. The molecule has 5 aromatic rings. The van der Waals surface area contributed by atoms with E-state index in [2.05, 4.69) is 169 Å². The first-order valence-electron chi connectivity index (χ1n) is 15.5. The number of allylic oxidation sites excluding steroid dienone is 4. The summed E-state index contributed by atoms with van der Waals surface area (Å²) in [7, 11) is 0. The largest absolute Gasteiger partial charge is 0.314 e. The number of hydrogen-bond donors (Lipinski definition) is 0. The fraction of sp³-hybridized carbons (Fsp3) is 0.171. The molecule has 214 valence electrons. The van der Waals surface area contributed by atoms with E-state index in [1.807, 2.05) is 13.8 Å². The second-order valence-electron chi connectivity index (χ2n) is 11.4. The van der Waals surface area contributed by atoms with Crippen molar-refractivity contribution in [1.82, 2.24) is 0 Å². The van der Waals surface area contributed by atoms with Gasteiger partial charge in [-0.3, -0.25) is 0 Å². The van der Waals surface area contributed by atoms with Gasteiger partial charge in [-0.1, -0.05) is 107 Å². The number of para-hydroxylation sites is 3. The van der Waals surface area contributed by atoms with Gasteiger partial charge in [-0.25, -0.2) is 0 Å². The highest BCUT2D eigenvalue weighted by molar-refractivity contribution is 5.87. The molecule has 5 aromatic carbocycles. The Balaban J connectivity index is 0.00000161. The fourth-order valence-corrected chi connectivity index (χ4v) is 6.43. The van der Waals surface area contributed by atoms with Crippen molar-refractivity contribution in [2.75, 3.05) is 9.80 Å². The Morgan fingerprint density at radius 1 is 0.512 bits per heavy atom. The van der Waals surface area contributed by atoms with Gasteiger partial charge in [0, 0.05) is 39.5 Å². The van der Waals surface area contributed by atoms with E-state index in [0.717, 1.165) is 24.2 Å². The Labute approximate surface area is 257 Å². The summed E-state index contributed by atoms with van der Waals surface area (Å²) in [5, 5.41) is 0. The van der Waals surface area contributed by atoms with Gasteiger partial charge in [0.2, 0.25) is 0 Å². The summed E-state index contributed by atoms with van der Waals surface area (Å²) in [5.74, 6) is 0. The van der Waals surface area contributed by atoms with Crippen molar-refractivity contribution >= 4 is 28.4 Å². The minimum absolute atomic E-state index is 0.140. The molecule has 0 heterocycles. The van der Waals surface area contributed by atoms with Gasteiger partial charge in [-0.15, -0.1) is 0 Å². The molecule has 0 N–H and O–H groups in total. The summed E-state index contributed by atoms with van der Waals surface area (Å²) in [5.41, 5.74) is 12.5. The molecule has 7 rings (SSSR count). The molecule has 0 spiro atoms. The number of fused-ring (bicyclic) bond motifs is 3. The lowest BCUT2D eigenvalue weighted by Gasteiger charge is -2.30. The third kappa shape index (κ3) is 5.30. The minimum Gasteiger partial charge on any atom is -0.314 e. The van der Waals surface area contributed by atoms with Gasteiger partial charge < -0.3 is 9.80 Å². The van der Waals surface area contributed by atoms with Crippen LogP contribution >= 0.6 is 0 Å². The van der Waals surface area contributed by atoms with Crippen LogP contribution in [0.5, 0.6) is 0 Å². The van der Waals surface area contributed by atoms with E-state index in [1.165, 1.54) is 45.0 Å². The number of hydrogen-bond acceptors (Lipinski definition) is 2. The summed E-state index contributed by atoms with van der Waals surface area (Å²) in [6.45, 7) is 8.74. The average molecular weight is 561 g/mol. The zero-order chi connectivity index (χ0) is 29.8. The zero-order valence-electron chi connectivity index (χ0n) is 25.7. The number of rotatable bonds is 6. The molecule has 2 nitrogen and oxygen atoms in total. The lowest BCUT2D eigenvalue weighted by atomic mass is 9.82. The molecule has 0 aliphatic heterocycles. The number of benzene rings is 5. The molecule has 2 aliphatic carbocycles. The lowest BCUT2D eigenvalue weighted by molar-refractivity contribution is 0.660. The van der Waals surface area contributed by atoms with Crippen LogP contribution in [-0.4, -0.2) is 0 Å². The predicted octanol–water partition coefficient (Wildman–Crippen LogP) is 11.9. The van der Waals surface area contributed by atoms with Gasteiger partial charge in [0.15, 0.2) is 0 Å². The molecular formula is C41H40N2. The molecule has 0 radical (unpaired) electrons. The Hall–Kier alpha value is -4.82. The van der Waals surface area contributed by atoms with Gasteiger partial charge >= 0.3 is 0 Å². The number of anilines is 5. The van der Waals surface area contributed by atoms with E-state index in [0.29, 0.717) is 0 Å². The third-order valence-corrected chi connectivity index (χ3v) is 8.48. The summed E-state index contributed by atoms with van der Waals surface area (Å²) in [4.78, 5) is 4.78. The van der Waals surface area contributed by atoms with E-state index < -0.39 is 0 Å². The standard InChI is InChI=1S/C39H34N2.C2H6/c1-39(2)37-27-33(40(29-15-7-3-8-16-29)30-17-9-4-10-18-30)23-25-35(37)36-26-24-34(28-38(36)39)41(31-19-11-5-12-20-31)32-21-13-6-14-22-32;1-2/h3-13,15-21,23-28H,14,22H2,1-2H3;1-2H3. The summed E-state index contributed by atoms with van der Waals surface area (Å²) < 4.78 is 0. The Morgan fingerprint density at radius 3 is 1.40 bits per heavy atom. The minimum atomic E-state index is -0.140. The maximum atomic E-state index is 2.43. The normalized spacial score (nSPS) is 14.1. The van der Waals surface area contributed by atoms with Gasteiger partial charge in [0.1, 0.15) is 0 Å². The Bertz CT molecular complexity index is 1710. The lowest BCUT2D eigenvalue weighted by Crippen LogP contribution is -2.19. The van der Waals surface area contributed by atoms with Crippen LogP contribution in [0.4, 0.5) is 28.4 Å². The molecular weight excluding hydrogens is 520 g/mol. The van der Waals surface area contributed by atoms with Crippen LogP contribution in [0.2, 0.25) is 0 Å². The van der Waals surface area contributed by atoms with Gasteiger partial charge in [-0.2, -0.15) is 0 Å². The SMILES string of the molecule is CC.CC1(C)c2cc(N(C3=CC=CCC3)c3ccccc3)ccc2-c2ccc(N(c3ccccc3)c3ccccc3)cc21. The molecule has 0 fully saturated rings. The molecule has 43 heavy (non-hydrogen) atoms. The van der Waals surface area contributed by atoms with Crippen LogP contribution < -0.4 is 9.80 Å². The average Bonchev–Trinajstić information content (AvgIpc) is 3.30. The summed E-state index contributed by atoms with van der Waals surface area (Å²) >= 11 is 0. The van der Waals surface area contributed by atoms with Crippen molar-refractivity contribution in [3.8, 4) is 11.1 Å². The highest BCUT2D eigenvalue weighted by atomic mass is 15.2. The van der Waals surface area contributed by atoms with E-state index in [9.17, 15) is 0 Å². The van der Waals surface area contributed by atoms with Crippen molar-refractivity contribution in [2.24, 2.45) is 0 Å². The van der Waals surface area contributed by atoms with Crippen molar-refractivity contribution in [2.45, 2.75) is 46.0 Å². The van der Waals surface area contributed by atoms with Crippen LogP contribution in [0.3, 0.4) is 0 Å². The summed E-state index contributed by atoms with van der Waals surface area (Å²) in [6.07, 6.45) is 8.80. The highest BCUT2D eigenvalue weighted by Crippen LogP contribution is 2.52. The van der Waals surface area contributed by atoms with Crippen LogP contribution in [0.25, 0.3) is 11.1 Å². The Kier molecular flexibility index (Phi) is 8.03. The molecule has 2 aliphatic rings. The maximum absolute atomic E-state index is 2.43. The van der Waals surface area contributed by atoms with Gasteiger partial charge in [0.05, 0.1) is 0 Å². The molecule has 0 bridgehead atoms. The van der Waals surface area contributed by atoms with Gasteiger partial charge in [0.25, 0.3) is 0 Å². The third-order valence-electron chi connectivity index (χ3n) is 8.48. The van der Waals surface area contributed by atoms with Crippen molar-refractivity contribution in [1.29, 1.82) is 0 Å². The van der Waals surface area contributed by atoms with E-state index >= 15 is 0 Å². The van der Waals surface area contributed by atoms with Crippen molar-refractivity contribution in [3.63, 3.8) is 0 Å². The molecule has 0 atom stereocenters. The first kappa shape index (κ1) is 28.3. The van der Waals surface area contributed by atoms with Crippen LogP contribution in [-0.2, 0) is 5.41 Å². The molecule has 0 aromatic heterocycles. The van der Waals surface area contributed by atoms with Crippen molar-refractivity contribution in [3.05, 3.63) is 162 Å². The maximum Gasteiger partial charge on any atom is 0.0465 e. The fourth-order valence-electron chi connectivity index (χ4n) is 6.43. The van der Waals surface area contributed by atoms with Crippen molar-refractivity contribution < 1.29 is 0 Å². The van der Waals surface area contributed by atoms with E-state index in [1.54, 1.807) is 0 Å². The molecule has 2 heteroatoms. The monoisotopic (exact) mass is 560 g/mol. The van der Waals surface area contributed by atoms with E-state index in [-0.39, 0.29) is 5.41 Å². The predicted molar refractivity (Wildman–Crippen MR) is 185 cm³/mol. The van der Waals surface area contributed by atoms with Crippen LogP contribution in [0, 0.1) is 0 Å². The second-order valence-corrected chi connectivity index (χ2v) is 11.4. The Morgan fingerprint density at radius 2 is 0.953 bits per heavy atom. The zero-order valence-corrected chi connectivity index (χ0v) is 25.7. The molecule has 0 saturated heterocycles. The molecule has 0 saturated carbocycles. The van der Waals surface area contributed by atoms with Gasteiger partial charge in [-0.05, 0) is 102 Å². The molecule has 0 unspecified atom stereocenters. The van der Waals surface area contributed by atoms with E-state index in [4.69, 9.17) is 0 Å². The molecule has 0 amide bonds. The summed E-state index contributed by atoms with van der Waals surface area (Å²) in [6, 6.07) is 46.1. The van der Waals surface area contributed by atoms with Crippen LogP contribution in [0.15, 0.2) is 151 Å². The van der Waals surface area contributed by atoms with Crippen LogP contribution in [0.1, 0.15) is 51.7 Å². The second kappa shape index (κ2) is 12.2. The first-order valence-corrected chi connectivity index (χ1v) is 15.5. The first-order chi connectivity index (χ1) is 21.1. The quantitative estimate of drug-likeness (QED) is 0.204.